The largest absolute Gasteiger partial charge is 0.474 e. The summed E-state index contributed by atoms with van der Waals surface area (Å²) in [6, 6.07) is 6.00. The molecule has 0 aromatic carbocycles. The minimum atomic E-state index is 0.135. The highest BCUT2D eigenvalue weighted by atomic mass is 16.5. The number of carbonyl (C=O) groups is 1. The SMILES string of the molecule is O=C(NC1CCC(Oc2ccccn2)CC1)C1CCOCC1. The molecule has 1 N–H and O–H groups in total. The van der Waals surface area contributed by atoms with Crippen LogP contribution in [0.4, 0.5) is 0 Å². The fourth-order valence-electron chi connectivity index (χ4n) is 3.19. The minimum Gasteiger partial charge on any atom is -0.474 e. The fraction of sp³-hybridized carbons (Fsp3) is 0.647. The molecular formula is C17H24N2O3. The Balaban J connectivity index is 1.40. The Morgan fingerprint density at radius 1 is 1.14 bits per heavy atom. The average molecular weight is 304 g/mol. The number of nitrogens with zero attached hydrogens (tertiary/aromatic N) is 1. The predicted molar refractivity (Wildman–Crippen MR) is 82.6 cm³/mol. The summed E-state index contributed by atoms with van der Waals surface area (Å²) in [5.41, 5.74) is 0. The van der Waals surface area contributed by atoms with E-state index in [4.69, 9.17) is 9.47 Å². The first-order valence-electron chi connectivity index (χ1n) is 8.27. The Kier molecular flexibility index (Phi) is 5.27. The van der Waals surface area contributed by atoms with E-state index in [-0.39, 0.29) is 17.9 Å². The normalized spacial score (nSPS) is 26.4. The molecule has 0 unspecified atom stereocenters. The van der Waals surface area contributed by atoms with Crippen LogP contribution in [0.5, 0.6) is 5.88 Å². The standard InChI is InChI=1S/C17H24N2O3/c20-17(13-8-11-21-12-9-13)19-14-4-6-15(7-5-14)22-16-3-1-2-10-18-16/h1-3,10,13-15H,4-9,11-12H2,(H,19,20). The Bertz CT molecular complexity index is 466. The molecule has 1 aliphatic heterocycles. The number of hydrogen-bond donors (Lipinski definition) is 1. The van der Waals surface area contributed by atoms with E-state index >= 15 is 0 Å². The topological polar surface area (TPSA) is 60.5 Å². The number of rotatable bonds is 4. The quantitative estimate of drug-likeness (QED) is 0.927. The molecule has 22 heavy (non-hydrogen) atoms. The molecule has 1 aliphatic carbocycles. The molecule has 0 atom stereocenters. The van der Waals surface area contributed by atoms with Crippen LogP contribution in [0.25, 0.3) is 0 Å². The summed E-state index contributed by atoms with van der Waals surface area (Å²) in [7, 11) is 0. The number of aromatic nitrogens is 1. The van der Waals surface area contributed by atoms with Crippen molar-refractivity contribution in [3.8, 4) is 5.88 Å². The number of hydrogen-bond acceptors (Lipinski definition) is 4. The van der Waals surface area contributed by atoms with Crippen LogP contribution < -0.4 is 10.1 Å². The third-order valence-corrected chi connectivity index (χ3v) is 4.54. The van der Waals surface area contributed by atoms with E-state index in [9.17, 15) is 4.79 Å². The van der Waals surface area contributed by atoms with E-state index in [0.717, 1.165) is 38.5 Å². The van der Waals surface area contributed by atoms with Gasteiger partial charge in [-0.3, -0.25) is 4.79 Å². The maximum Gasteiger partial charge on any atom is 0.223 e. The Morgan fingerprint density at radius 2 is 1.91 bits per heavy atom. The van der Waals surface area contributed by atoms with Crippen molar-refractivity contribution in [1.82, 2.24) is 10.3 Å². The lowest BCUT2D eigenvalue weighted by Gasteiger charge is -2.31. The molecule has 2 heterocycles. The van der Waals surface area contributed by atoms with Gasteiger partial charge in [-0.2, -0.15) is 0 Å². The summed E-state index contributed by atoms with van der Waals surface area (Å²) < 4.78 is 11.2. The van der Waals surface area contributed by atoms with Crippen LogP contribution in [0, 0.1) is 5.92 Å². The van der Waals surface area contributed by atoms with Crippen LogP contribution in [0.15, 0.2) is 24.4 Å². The van der Waals surface area contributed by atoms with Crippen molar-refractivity contribution < 1.29 is 14.3 Å². The number of nitrogens with one attached hydrogen (secondary N) is 1. The molecule has 5 heteroatoms. The summed E-state index contributed by atoms with van der Waals surface area (Å²) in [5.74, 6) is 1.03. The molecule has 0 spiro atoms. The monoisotopic (exact) mass is 304 g/mol. The number of amides is 1. The highest BCUT2D eigenvalue weighted by Crippen LogP contribution is 2.23. The van der Waals surface area contributed by atoms with Crippen LogP contribution in [0.2, 0.25) is 0 Å². The molecule has 1 aromatic rings. The van der Waals surface area contributed by atoms with Gasteiger partial charge in [-0.15, -0.1) is 0 Å². The van der Waals surface area contributed by atoms with Crippen LogP contribution >= 0.6 is 0 Å². The zero-order valence-electron chi connectivity index (χ0n) is 12.9. The predicted octanol–water partition coefficient (Wildman–Crippen LogP) is 2.31. The first-order chi connectivity index (χ1) is 10.8. The second-order valence-corrected chi connectivity index (χ2v) is 6.15. The molecule has 2 aliphatic rings. The van der Waals surface area contributed by atoms with Gasteiger partial charge in [0.1, 0.15) is 6.10 Å². The summed E-state index contributed by atoms with van der Waals surface area (Å²) >= 11 is 0. The van der Waals surface area contributed by atoms with E-state index in [1.54, 1.807) is 6.20 Å². The van der Waals surface area contributed by atoms with E-state index in [1.807, 2.05) is 18.2 Å². The van der Waals surface area contributed by atoms with Gasteiger partial charge in [0.2, 0.25) is 11.8 Å². The molecule has 1 saturated carbocycles. The Morgan fingerprint density at radius 3 is 2.59 bits per heavy atom. The molecule has 0 bridgehead atoms. The fourth-order valence-corrected chi connectivity index (χ4v) is 3.19. The van der Waals surface area contributed by atoms with Crippen LogP contribution in [0.3, 0.4) is 0 Å². The lowest BCUT2D eigenvalue weighted by Crippen LogP contribution is -2.43. The highest BCUT2D eigenvalue weighted by molar-refractivity contribution is 5.79. The van der Waals surface area contributed by atoms with Gasteiger partial charge >= 0.3 is 0 Å². The van der Waals surface area contributed by atoms with E-state index < -0.39 is 0 Å². The maximum atomic E-state index is 12.2. The van der Waals surface area contributed by atoms with Gasteiger partial charge in [-0.25, -0.2) is 4.98 Å². The molecule has 120 valence electrons. The van der Waals surface area contributed by atoms with E-state index in [2.05, 4.69) is 10.3 Å². The zero-order valence-corrected chi connectivity index (χ0v) is 12.9. The number of pyridine rings is 1. The molecule has 1 aromatic heterocycles. The molecule has 2 fully saturated rings. The number of carbonyl (C=O) groups excluding carboxylic acids is 1. The maximum absolute atomic E-state index is 12.2. The van der Waals surface area contributed by atoms with E-state index in [0.29, 0.717) is 25.1 Å². The zero-order chi connectivity index (χ0) is 15.2. The van der Waals surface area contributed by atoms with Crippen molar-refractivity contribution >= 4 is 5.91 Å². The second kappa shape index (κ2) is 7.58. The van der Waals surface area contributed by atoms with Gasteiger partial charge in [-0.1, -0.05) is 6.07 Å². The highest BCUT2D eigenvalue weighted by Gasteiger charge is 2.27. The molecule has 3 rings (SSSR count). The third kappa shape index (κ3) is 4.19. The van der Waals surface area contributed by atoms with Gasteiger partial charge < -0.3 is 14.8 Å². The smallest absolute Gasteiger partial charge is 0.223 e. The molecule has 5 nitrogen and oxygen atoms in total. The van der Waals surface area contributed by atoms with Crippen molar-refractivity contribution in [3.05, 3.63) is 24.4 Å². The van der Waals surface area contributed by atoms with E-state index in [1.165, 1.54) is 0 Å². The summed E-state index contributed by atoms with van der Waals surface area (Å²) in [5, 5.41) is 3.21. The van der Waals surface area contributed by atoms with Gasteiger partial charge in [0, 0.05) is 37.4 Å². The molecule has 0 radical (unpaired) electrons. The van der Waals surface area contributed by atoms with Crippen molar-refractivity contribution in [1.29, 1.82) is 0 Å². The first kappa shape index (κ1) is 15.3. The van der Waals surface area contributed by atoms with Crippen molar-refractivity contribution in [3.63, 3.8) is 0 Å². The van der Waals surface area contributed by atoms with Crippen LogP contribution in [-0.2, 0) is 9.53 Å². The number of ether oxygens (including phenoxy) is 2. The van der Waals surface area contributed by atoms with Gasteiger partial charge in [0.15, 0.2) is 0 Å². The van der Waals surface area contributed by atoms with Crippen molar-refractivity contribution in [2.75, 3.05) is 13.2 Å². The minimum absolute atomic E-state index is 0.135. The molecular weight excluding hydrogens is 280 g/mol. The van der Waals surface area contributed by atoms with Gasteiger partial charge in [-0.05, 0) is 44.6 Å². The van der Waals surface area contributed by atoms with Crippen molar-refractivity contribution in [2.45, 2.75) is 50.7 Å². The third-order valence-electron chi connectivity index (χ3n) is 4.54. The Hall–Kier alpha value is -1.62. The molecule has 1 amide bonds. The van der Waals surface area contributed by atoms with Crippen molar-refractivity contribution in [2.24, 2.45) is 5.92 Å². The molecule has 1 saturated heterocycles. The summed E-state index contributed by atoms with van der Waals surface area (Å²) in [4.78, 5) is 16.4. The van der Waals surface area contributed by atoms with Crippen LogP contribution in [-0.4, -0.2) is 36.3 Å². The van der Waals surface area contributed by atoms with Crippen LogP contribution in [0.1, 0.15) is 38.5 Å². The Labute approximate surface area is 131 Å². The van der Waals surface area contributed by atoms with Gasteiger partial charge in [0.25, 0.3) is 0 Å². The first-order valence-corrected chi connectivity index (χ1v) is 8.27. The average Bonchev–Trinajstić information content (AvgIpc) is 2.58. The summed E-state index contributed by atoms with van der Waals surface area (Å²) in [6.07, 6.45) is 7.55. The summed E-state index contributed by atoms with van der Waals surface area (Å²) in [6.45, 7) is 1.42. The van der Waals surface area contributed by atoms with Gasteiger partial charge in [0.05, 0.1) is 0 Å². The lowest BCUT2D eigenvalue weighted by molar-refractivity contribution is -0.128. The lowest BCUT2D eigenvalue weighted by atomic mass is 9.91. The second-order valence-electron chi connectivity index (χ2n) is 6.15.